The Kier molecular flexibility index (Phi) is 7.65. The lowest BCUT2D eigenvalue weighted by Crippen LogP contribution is -2.32. The molecule has 1 aromatic rings. The molecule has 0 unspecified atom stereocenters. The number of hydrogen-bond donors (Lipinski definition) is 1. The van der Waals surface area contributed by atoms with Gasteiger partial charge in [0.2, 0.25) is 10.0 Å². The first-order chi connectivity index (χ1) is 11.3. The summed E-state index contributed by atoms with van der Waals surface area (Å²) in [6.07, 6.45) is 0. The summed E-state index contributed by atoms with van der Waals surface area (Å²) < 4.78 is 31.8. The molecule has 0 saturated carbocycles. The van der Waals surface area contributed by atoms with E-state index in [4.69, 9.17) is 4.74 Å². The van der Waals surface area contributed by atoms with Crippen LogP contribution in [0.5, 0.6) is 5.75 Å². The SMILES string of the molecule is CCN(CC)S(=O)(=O)c1ccc(OC)c(C(=O)NCCN(C)C)c1. The molecular formula is C16H27N3O4S. The maximum absolute atomic E-state index is 12.6. The summed E-state index contributed by atoms with van der Waals surface area (Å²) >= 11 is 0. The Morgan fingerprint density at radius 1 is 1.21 bits per heavy atom. The van der Waals surface area contributed by atoms with E-state index in [0.29, 0.717) is 31.9 Å². The van der Waals surface area contributed by atoms with Crippen molar-refractivity contribution in [2.75, 3.05) is 47.4 Å². The summed E-state index contributed by atoms with van der Waals surface area (Å²) in [4.78, 5) is 14.4. The number of ether oxygens (including phenoxy) is 1. The van der Waals surface area contributed by atoms with Crippen molar-refractivity contribution in [1.82, 2.24) is 14.5 Å². The Bertz CT molecular complexity index is 655. The number of nitrogens with one attached hydrogen (secondary N) is 1. The van der Waals surface area contributed by atoms with Gasteiger partial charge in [0.05, 0.1) is 17.6 Å². The zero-order valence-electron chi connectivity index (χ0n) is 15.0. The summed E-state index contributed by atoms with van der Waals surface area (Å²) in [7, 11) is 1.64. The molecule has 1 N–H and O–H groups in total. The van der Waals surface area contributed by atoms with Gasteiger partial charge in [0, 0.05) is 26.2 Å². The van der Waals surface area contributed by atoms with E-state index in [9.17, 15) is 13.2 Å². The molecule has 0 atom stereocenters. The first kappa shape index (κ1) is 20.4. The molecule has 0 aliphatic heterocycles. The van der Waals surface area contributed by atoms with Crippen LogP contribution in [0.25, 0.3) is 0 Å². The van der Waals surface area contributed by atoms with Crippen molar-refractivity contribution in [3.05, 3.63) is 23.8 Å². The number of benzene rings is 1. The molecule has 0 fully saturated rings. The first-order valence-corrected chi connectivity index (χ1v) is 9.33. The van der Waals surface area contributed by atoms with Crippen LogP contribution in [-0.4, -0.2) is 70.9 Å². The minimum atomic E-state index is -3.63. The number of carbonyl (C=O) groups is 1. The third-order valence-electron chi connectivity index (χ3n) is 3.60. The van der Waals surface area contributed by atoms with Crippen LogP contribution < -0.4 is 10.1 Å². The fraction of sp³-hybridized carbons (Fsp3) is 0.562. The van der Waals surface area contributed by atoms with E-state index in [0.717, 1.165) is 0 Å². The number of carbonyl (C=O) groups excluding carboxylic acids is 1. The third-order valence-corrected chi connectivity index (χ3v) is 5.65. The molecule has 136 valence electrons. The van der Waals surface area contributed by atoms with Crippen molar-refractivity contribution in [3.63, 3.8) is 0 Å². The first-order valence-electron chi connectivity index (χ1n) is 7.89. The maximum Gasteiger partial charge on any atom is 0.255 e. The van der Waals surface area contributed by atoms with Crippen LogP contribution in [0.1, 0.15) is 24.2 Å². The standard InChI is InChI=1S/C16H27N3O4S/c1-6-19(7-2)24(21,22)13-8-9-15(23-5)14(12-13)16(20)17-10-11-18(3)4/h8-9,12H,6-7,10-11H2,1-5H3,(H,17,20). The van der Waals surface area contributed by atoms with Gasteiger partial charge in [-0.2, -0.15) is 4.31 Å². The van der Waals surface area contributed by atoms with Crippen LogP contribution in [-0.2, 0) is 10.0 Å². The predicted octanol–water partition coefficient (Wildman–Crippen LogP) is 1.02. The number of likely N-dealkylation sites (N-methyl/N-ethyl adjacent to an activating group) is 1. The fourth-order valence-electron chi connectivity index (χ4n) is 2.23. The minimum absolute atomic E-state index is 0.0877. The van der Waals surface area contributed by atoms with E-state index in [1.165, 1.54) is 29.6 Å². The van der Waals surface area contributed by atoms with Crippen LogP contribution in [0.3, 0.4) is 0 Å². The monoisotopic (exact) mass is 357 g/mol. The molecule has 0 aliphatic carbocycles. The van der Waals surface area contributed by atoms with Gasteiger partial charge in [-0.25, -0.2) is 8.42 Å². The van der Waals surface area contributed by atoms with Gasteiger partial charge in [0.1, 0.15) is 5.75 Å². The summed E-state index contributed by atoms with van der Waals surface area (Å²) in [6, 6.07) is 4.35. The molecule has 0 spiro atoms. The van der Waals surface area contributed by atoms with Crippen molar-refractivity contribution in [3.8, 4) is 5.75 Å². The van der Waals surface area contributed by atoms with Crippen molar-refractivity contribution in [2.24, 2.45) is 0 Å². The lowest BCUT2D eigenvalue weighted by Gasteiger charge is -2.19. The van der Waals surface area contributed by atoms with Gasteiger partial charge >= 0.3 is 0 Å². The Morgan fingerprint density at radius 3 is 2.33 bits per heavy atom. The number of amides is 1. The van der Waals surface area contributed by atoms with E-state index in [1.54, 1.807) is 13.8 Å². The number of rotatable bonds is 9. The molecular weight excluding hydrogens is 330 g/mol. The van der Waals surface area contributed by atoms with Crippen LogP contribution in [0.15, 0.2) is 23.1 Å². The second-order valence-corrected chi connectivity index (χ2v) is 7.45. The summed E-state index contributed by atoms with van der Waals surface area (Å²) in [5, 5.41) is 2.77. The van der Waals surface area contributed by atoms with Crippen LogP contribution >= 0.6 is 0 Å². The Labute approximate surface area is 144 Å². The Balaban J connectivity index is 3.14. The quantitative estimate of drug-likeness (QED) is 0.714. The molecule has 0 heterocycles. The molecule has 0 bridgehead atoms. The second kappa shape index (κ2) is 9.00. The van der Waals surface area contributed by atoms with Crippen molar-refractivity contribution in [1.29, 1.82) is 0 Å². The topological polar surface area (TPSA) is 78.9 Å². The highest BCUT2D eigenvalue weighted by atomic mass is 32.2. The van der Waals surface area contributed by atoms with Crippen LogP contribution in [0.4, 0.5) is 0 Å². The van der Waals surface area contributed by atoms with Crippen molar-refractivity contribution < 1.29 is 17.9 Å². The molecule has 7 nitrogen and oxygen atoms in total. The second-order valence-electron chi connectivity index (χ2n) is 5.51. The summed E-state index contributed by atoms with van der Waals surface area (Å²) in [5.74, 6) is -0.0128. The van der Waals surface area contributed by atoms with Gasteiger partial charge in [-0.3, -0.25) is 4.79 Å². The van der Waals surface area contributed by atoms with Crippen molar-refractivity contribution >= 4 is 15.9 Å². The van der Waals surface area contributed by atoms with Gasteiger partial charge in [-0.05, 0) is 32.3 Å². The van der Waals surface area contributed by atoms with Gasteiger partial charge in [-0.1, -0.05) is 13.8 Å². The zero-order chi connectivity index (χ0) is 18.3. The third kappa shape index (κ3) is 4.93. The summed E-state index contributed by atoms with van der Waals surface area (Å²) in [6.45, 7) is 5.44. The lowest BCUT2D eigenvalue weighted by atomic mass is 10.2. The number of methoxy groups -OCH3 is 1. The van der Waals surface area contributed by atoms with Gasteiger partial charge in [0.15, 0.2) is 0 Å². The molecule has 0 radical (unpaired) electrons. The van der Waals surface area contributed by atoms with E-state index in [-0.39, 0.29) is 16.4 Å². The fourth-order valence-corrected chi connectivity index (χ4v) is 3.71. The molecule has 1 amide bonds. The van der Waals surface area contributed by atoms with Gasteiger partial charge in [-0.15, -0.1) is 0 Å². The highest BCUT2D eigenvalue weighted by Gasteiger charge is 2.24. The predicted molar refractivity (Wildman–Crippen MR) is 94.0 cm³/mol. The number of sulfonamides is 1. The van der Waals surface area contributed by atoms with E-state index in [1.807, 2.05) is 19.0 Å². The normalized spacial score (nSPS) is 11.8. The molecule has 1 aromatic carbocycles. The average molecular weight is 357 g/mol. The van der Waals surface area contributed by atoms with E-state index >= 15 is 0 Å². The maximum atomic E-state index is 12.6. The molecule has 0 aromatic heterocycles. The van der Waals surface area contributed by atoms with E-state index in [2.05, 4.69) is 5.32 Å². The van der Waals surface area contributed by atoms with Gasteiger partial charge in [0.25, 0.3) is 5.91 Å². The van der Waals surface area contributed by atoms with Crippen molar-refractivity contribution in [2.45, 2.75) is 18.7 Å². The molecule has 8 heteroatoms. The molecule has 24 heavy (non-hydrogen) atoms. The van der Waals surface area contributed by atoms with Crippen LogP contribution in [0.2, 0.25) is 0 Å². The van der Waals surface area contributed by atoms with Crippen LogP contribution in [0, 0.1) is 0 Å². The van der Waals surface area contributed by atoms with E-state index < -0.39 is 10.0 Å². The van der Waals surface area contributed by atoms with Gasteiger partial charge < -0.3 is 15.0 Å². The highest BCUT2D eigenvalue weighted by Crippen LogP contribution is 2.24. The molecule has 1 rings (SSSR count). The Hall–Kier alpha value is -1.64. The smallest absolute Gasteiger partial charge is 0.255 e. The highest BCUT2D eigenvalue weighted by molar-refractivity contribution is 7.89. The number of hydrogen-bond acceptors (Lipinski definition) is 5. The molecule has 0 saturated heterocycles. The zero-order valence-corrected chi connectivity index (χ0v) is 15.8. The number of nitrogens with zero attached hydrogens (tertiary/aromatic N) is 2. The molecule has 0 aliphatic rings. The lowest BCUT2D eigenvalue weighted by molar-refractivity contribution is 0.0948. The minimum Gasteiger partial charge on any atom is -0.496 e. The largest absolute Gasteiger partial charge is 0.496 e. The average Bonchev–Trinajstić information content (AvgIpc) is 2.54. The Morgan fingerprint density at radius 2 is 1.83 bits per heavy atom. The summed E-state index contributed by atoms with van der Waals surface area (Å²) in [5.41, 5.74) is 0.212.